The summed E-state index contributed by atoms with van der Waals surface area (Å²) in [4.78, 5) is 30.1. The third kappa shape index (κ3) is 6.56. The molecule has 2 N–H and O–H groups in total. The molecule has 1 fully saturated rings. The van der Waals surface area contributed by atoms with Crippen molar-refractivity contribution in [2.45, 2.75) is 32.9 Å². The largest absolute Gasteiger partial charge is 0.369 e. The molecule has 0 radical (unpaired) electrons. The lowest BCUT2D eigenvalue weighted by Crippen LogP contribution is -2.50. The van der Waals surface area contributed by atoms with Crippen LogP contribution in [0.4, 0.5) is 5.69 Å². The van der Waals surface area contributed by atoms with Gasteiger partial charge in [0.15, 0.2) is 0 Å². The van der Waals surface area contributed by atoms with Crippen LogP contribution < -0.4 is 15.5 Å². The van der Waals surface area contributed by atoms with Crippen molar-refractivity contribution in [3.05, 3.63) is 65.7 Å². The van der Waals surface area contributed by atoms with Crippen molar-refractivity contribution in [2.75, 3.05) is 38.1 Å². The summed E-state index contributed by atoms with van der Waals surface area (Å²) in [6.07, 6.45) is 0.267. The summed E-state index contributed by atoms with van der Waals surface area (Å²) < 4.78 is 0. The number of likely N-dealkylation sites (N-methyl/N-ethyl adjacent to an activating group) is 1. The van der Waals surface area contributed by atoms with Crippen molar-refractivity contribution >= 4 is 17.5 Å². The number of amides is 2. The molecule has 166 valence electrons. The molecular weight excluding hydrogens is 388 g/mol. The van der Waals surface area contributed by atoms with Gasteiger partial charge in [0.05, 0.1) is 6.42 Å². The molecule has 2 aromatic rings. The normalized spacial score (nSPS) is 15.5. The molecule has 1 heterocycles. The molecule has 1 atom stereocenters. The average molecular weight is 423 g/mol. The van der Waals surface area contributed by atoms with E-state index in [-0.39, 0.29) is 24.2 Å². The number of para-hydroxylation sites is 1. The lowest BCUT2D eigenvalue weighted by molar-refractivity contribution is -0.129. The monoisotopic (exact) mass is 422 g/mol. The minimum absolute atomic E-state index is 0.00685. The van der Waals surface area contributed by atoms with E-state index in [1.807, 2.05) is 56.3 Å². The minimum Gasteiger partial charge on any atom is -0.369 e. The fourth-order valence-electron chi connectivity index (χ4n) is 3.85. The van der Waals surface area contributed by atoms with Gasteiger partial charge < -0.3 is 20.4 Å². The van der Waals surface area contributed by atoms with Crippen LogP contribution >= 0.6 is 0 Å². The first-order chi connectivity index (χ1) is 14.9. The van der Waals surface area contributed by atoms with Crippen LogP contribution in [0.1, 0.15) is 25.0 Å². The van der Waals surface area contributed by atoms with Gasteiger partial charge in [0, 0.05) is 38.4 Å². The molecule has 0 aliphatic carbocycles. The maximum absolute atomic E-state index is 12.9. The Morgan fingerprint density at radius 3 is 2.26 bits per heavy atom. The first kappa shape index (κ1) is 22.8. The van der Waals surface area contributed by atoms with Crippen LogP contribution in [0.5, 0.6) is 0 Å². The Morgan fingerprint density at radius 2 is 1.58 bits per heavy atom. The van der Waals surface area contributed by atoms with Crippen molar-refractivity contribution in [1.29, 1.82) is 0 Å². The molecule has 2 aromatic carbocycles. The topological polar surface area (TPSA) is 64.7 Å². The SMILES string of the molecule is CC(C)C(NC(=O)Cc1ccccc1)C(=O)NCc1ccccc1N1CCN(C)CC1. The molecule has 31 heavy (non-hydrogen) atoms. The van der Waals surface area contributed by atoms with Crippen molar-refractivity contribution in [3.8, 4) is 0 Å². The average Bonchev–Trinajstić information content (AvgIpc) is 2.77. The molecule has 1 aliphatic heterocycles. The number of nitrogens with one attached hydrogen (secondary N) is 2. The van der Waals surface area contributed by atoms with Gasteiger partial charge in [-0.25, -0.2) is 0 Å². The van der Waals surface area contributed by atoms with Crippen LogP contribution in [0.15, 0.2) is 54.6 Å². The van der Waals surface area contributed by atoms with E-state index in [4.69, 9.17) is 0 Å². The Bertz CT molecular complexity index is 861. The second-order valence-corrected chi connectivity index (χ2v) is 8.59. The summed E-state index contributed by atoms with van der Waals surface area (Å²) in [7, 11) is 2.14. The standard InChI is InChI=1S/C25H34N4O2/c1-19(2)24(27-23(30)17-20-9-5-4-6-10-20)25(31)26-18-21-11-7-8-12-22(21)29-15-13-28(3)14-16-29/h4-12,19,24H,13-18H2,1-3H3,(H,26,31)(H,27,30). The Morgan fingerprint density at radius 1 is 0.935 bits per heavy atom. The second kappa shape index (κ2) is 11.0. The van der Waals surface area contributed by atoms with Crippen LogP contribution in [0.25, 0.3) is 0 Å². The molecule has 3 rings (SSSR count). The lowest BCUT2D eigenvalue weighted by Gasteiger charge is -2.35. The molecule has 2 amide bonds. The number of hydrogen-bond donors (Lipinski definition) is 2. The predicted molar refractivity (Wildman–Crippen MR) is 125 cm³/mol. The number of nitrogens with zero attached hydrogens (tertiary/aromatic N) is 2. The van der Waals surface area contributed by atoms with Gasteiger partial charge in [0.2, 0.25) is 11.8 Å². The number of hydrogen-bond acceptors (Lipinski definition) is 4. The van der Waals surface area contributed by atoms with E-state index in [9.17, 15) is 9.59 Å². The van der Waals surface area contributed by atoms with Gasteiger partial charge in [0.25, 0.3) is 0 Å². The summed E-state index contributed by atoms with van der Waals surface area (Å²) in [5.74, 6) is -0.296. The Hall–Kier alpha value is -2.86. The van der Waals surface area contributed by atoms with Crippen LogP contribution in [0, 0.1) is 5.92 Å². The Kier molecular flexibility index (Phi) is 8.06. The maximum Gasteiger partial charge on any atom is 0.243 e. The van der Waals surface area contributed by atoms with Crippen LogP contribution in [-0.2, 0) is 22.6 Å². The van der Waals surface area contributed by atoms with E-state index >= 15 is 0 Å². The molecule has 0 bridgehead atoms. The number of benzene rings is 2. The van der Waals surface area contributed by atoms with Gasteiger partial charge in [0.1, 0.15) is 6.04 Å². The fourth-order valence-corrected chi connectivity index (χ4v) is 3.85. The van der Waals surface area contributed by atoms with E-state index in [2.05, 4.69) is 39.6 Å². The fraction of sp³-hybridized carbons (Fsp3) is 0.440. The van der Waals surface area contributed by atoms with E-state index in [1.54, 1.807) is 0 Å². The van der Waals surface area contributed by atoms with Gasteiger partial charge in [-0.3, -0.25) is 9.59 Å². The molecule has 6 nitrogen and oxygen atoms in total. The van der Waals surface area contributed by atoms with E-state index < -0.39 is 6.04 Å². The summed E-state index contributed by atoms with van der Waals surface area (Å²) >= 11 is 0. The summed E-state index contributed by atoms with van der Waals surface area (Å²) in [6.45, 7) is 8.36. The van der Waals surface area contributed by atoms with E-state index in [0.29, 0.717) is 6.54 Å². The smallest absolute Gasteiger partial charge is 0.243 e. The molecule has 0 aromatic heterocycles. The zero-order valence-corrected chi connectivity index (χ0v) is 18.8. The molecule has 1 aliphatic rings. The summed E-state index contributed by atoms with van der Waals surface area (Å²) in [6, 6.07) is 17.2. The van der Waals surface area contributed by atoms with E-state index in [1.165, 1.54) is 5.69 Å². The number of rotatable bonds is 8. The van der Waals surface area contributed by atoms with Crippen LogP contribution in [0.3, 0.4) is 0 Å². The molecule has 6 heteroatoms. The molecule has 1 saturated heterocycles. The quantitative estimate of drug-likeness (QED) is 0.686. The van der Waals surface area contributed by atoms with Gasteiger partial charge in [-0.15, -0.1) is 0 Å². The molecule has 0 saturated carbocycles. The summed E-state index contributed by atoms with van der Waals surface area (Å²) in [5.41, 5.74) is 3.20. The molecule has 0 spiro atoms. The van der Waals surface area contributed by atoms with Crippen molar-refractivity contribution in [3.63, 3.8) is 0 Å². The maximum atomic E-state index is 12.9. The van der Waals surface area contributed by atoms with Gasteiger partial charge in [-0.2, -0.15) is 0 Å². The molecule has 1 unspecified atom stereocenters. The number of carbonyl (C=O) groups is 2. The van der Waals surface area contributed by atoms with Crippen molar-refractivity contribution in [2.24, 2.45) is 5.92 Å². The highest BCUT2D eigenvalue weighted by atomic mass is 16.2. The summed E-state index contributed by atoms with van der Waals surface area (Å²) in [5, 5.41) is 5.96. The number of carbonyl (C=O) groups excluding carboxylic acids is 2. The Labute approximate surface area is 185 Å². The number of piperazine rings is 1. The first-order valence-corrected chi connectivity index (χ1v) is 11.1. The van der Waals surface area contributed by atoms with Crippen LogP contribution in [0.2, 0.25) is 0 Å². The van der Waals surface area contributed by atoms with E-state index in [0.717, 1.165) is 37.3 Å². The minimum atomic E-state index is -0.563. The second-order valence-electron chi connectivity index (χ2n) is 8.59. The zero-order chi connectivity index (χ0) is 22.2. The number of anilines is 1. The Balaban J connectivity index is 1.60. The highest BCUT2D eigenvalue weighted by Gasteiger charge is 2.24. The van der Waals surface area contributed by atoms with Crippen molar-refractivity contribution < 1.29 is 9.59 Å². The van der Waals surface area contributed by atoms with Crippen molar-refractivity contribution in [1.82, 2.24) is 15.5 Å². The van der Waals surface area contributed by atoms with Gasteiger partial charge in [-0.1, -0.05) is 62.4 Å². The van der Waals surface area contributed by atoms with Gasteiger partial charge in [-0.05, 0) is 30.2 Å². The lowest BCUT2D eigenvalue weighted by atomic mass is 10.0. The third-order valence-electron chi connectivity index (χ3n) is 5.76. The van der Waals surface area contributed by atoms with Crippen LogP contribution in [-0.4, -0.2) is 56.0 Å². The zero-order valence-electron chi connectivity index (χ0n) is 18.8. The third-order valence-corrected chi connectivity index (χ3v) is 5.76. The predicted octanol–water partition coefficient (Wildman–Crippen LogP) is 2.44. The van der Waals surface area contributed by atoms with Gasteiger partial charge >= 0.3 is 0 Å². The first-order valence-electron chi connectivity index (χ1n) is 11.1. The highest BCUT2D eigenvalue weighted by molar-refractivity contribution is 5.88. The highest BCUT2D eigenvalue weighted by Crippen LogP contribution is 2.21. The molecular formula is C25H34N4O2.